The summed E-state index contributed by atoms with van der Waals surface area (Å²) >= 11 is 0. The van der Waals surface area contributed by atoms with Gasteiger partial charge >= 0.3 is 11.8 Å². The van der Waals surface area contributed by atoms with Crippen molar-refractivity contribution in [2.75, 3.05) is 5.32 Å². The Morgan fingerprint density at radius 3 is 2.22 bits per heavy atom. The van der Waals surface area contributed by atoms with Gasteiger partial charge in [-0.1, -0.05) is 30.3 Å². The molecular weight excluding hydrogens is 292 g/mol. The lowest BCUT2D eigenvalue weighted by molar-refractivity contribution is -0.136. The molecule has 2 N–H and O–H groups in total. The Morgan fingerprint density at radius 1 is 0.957 bits per heavy atom. The highest BCUT2D eigenvalue weighted by molar-refractivity contribution is 6.39. The van der Waals surface area contributed by atoms with Crippen molar-refractivity contribution in [2.45, 2.75) is 26.5 Å². The summed E-state index contributed by atoms with van der Waals surface area (Å²) in [4.78, 5) is 23.6. The molecule has 2 aromatic carbocycles. The van der Waals surface area contributed by atoms with Crippen LogP contribution in [0.15, 0.2) is 54.6 Å². The van der Waals surface area contributed by atoms with Gasteiger partial charge in [0, 0.05) is 12.2 Å². The van der Waals surface area contributed by atoms with E-state index in [4.69, 9.17) is 4.74 Å². The Morgan fingerprint density at radius 2 is 1.61 bits per heavy atom. The number of carbonyl (C=O) groups is 2. The molecule has 5 heteroatoms. The first-order valence-electron chi connectivity index (χ1n) is 7.44. The maximum atomic E-state index is 11.8. The molecule has 0 saturated carbocycles. The molecule has 0 aliphatic carbocycles. The average molecular weight is 312 g/mol. The van der Waals surface area contributed by atoms with Gasteiger partial charge in [-0.2, -0.15) is 0 Å². The summed E-state index contributed by atoms with van der Waals surface area (Å²) in [5, 5.41) is 5.13. The zero-order chi connectivity index (χ0) is 16.7. The smallest absolute Gasteiger partial charge is 0.313 e. The molecule has 0 aliphatic heterocycles. The predicted molar refractivity (Wildman–Crippen MR) is 89.1 cm³/mol. The largest absolute Gasteiger partial charge is 0.491 e. The highest BCUT2D eigenvalue weighted by Crippen LogP contribution is 2.13. The van der Waals surface area contributed by atoms with Crippen LogP contribution in [0.3, 0.4) is 0 Å². The number of ether oxygens (including phenoxy) is 1. The van der Waals surface area contributed by atoms with Gasteiger partial charge in [0.2, 0.25) is 0 Å². The van der Waals surface area contributed by atoms with Crippen LogP contribution in [0.1, 0.15) is 19.4 Å². The van der Waals surface area contributed by atoms with Gasteiger partial charge < -0.3 is 15.4 Å². The van der Waals surface area contributed by atoms with Crippen LogP contribution in [0.25, 0.3) is 0 Å². The summed E-state index contributed by atoms with van der Waals surface area (Å²) in [6.07, 6.45) is 0.113. The lowest BCUT2D eigenvalue weighted by Crippen LogP contribution is -2.34. The Kier molecular flexibility index (Phi) is 5.74. The average Bonchev–Trinajstić information content (AvgIpc) is 2.54. The van der Waals surface area contributed by atoms with Crippen molar-refractivity contribution in [3.63, 3.8) is 0 Å². The van der Waals surface area contributed by atoms with Crippen LogP contribution in [0.4, 0.5) is 5.69 Å². The second-order valence-electron chi connectivity index (χ2n) is 5.31. The van der Waals surface area contributed by atoms with Crippen molar-refractivity contribution in [1.82, 2.24) is 5.32 Å². The van der Waals surface area contributed by atoms with Gasteiger partial charge in [0.1, 0.15) is 5.75 Å². The summed E-state index contributed by atoms with van der Waals surface area (Å²) in [7, 11) is 0. The fraction of sp³-hybridized carbons (Fsp3) is 0.222. The van der Waals surface area contributed by atoms with E-state index in [0.29, 0.717) is 5.69 Å². The molecule has 2 rings (SSSR count). The van der Waals surface area contributed by atoms with Crippen molar-refractivity contribution in [1.29, 1.82) is 0 Å². The number of hydrogen-bond donors (Lipinski definition) is 2. The number of amides is 2. The molecule has 0 saturated heterocycles. The van der Waals surface area contributed by atoms with E-state index < -0.39 is 11.8 Å². The molecule has 2 aromatic rings. The van der Waals surface area contributed by atoms with Crippen molar-refractivity contribution in [2.24, 2.45) is 0 Å². The molecule has 0 bridgehead atoms. The van der Waals surface area contributed by atoms with Crippen LogP contribution < -0.4 is 15.4 Å². The fourth-order valence-electron chi connectivity index (χ4n) is 1.93. The monoisotopic (exact) mass is 312 g/mol. The van der Waals surface area contributed by atoms with E-state index in [-0.39, 0.29) is 12.6 Å². The van der Waals surface area contributed by atoms with Gasteiger partial charge in [-0.15, -0.1) is 0 Å². The second-order valence-corrected chi connectivity index (χ2v) is 5.31. The van der Waals surface area contributed by atoms with Crippen LogP contribution in [-0.2, 0) is 16.1 Å². The molecule has 0 spiro atoms. The minimum atomic E-state index is -0.684. The summed E-state index contributed by atoms with van der Waals surface area (Å²) in [6.45, 7) is 4.20. The van der Waals surface area contributed by atoms with E-state index in [0.717, 1.165) is 11.3 Å². The van der Waals surface area contributed by atoms with Gasteiger partial charge in [-0.3, -0.25) is 9.59 Å². The lowest BCUT2D eigenvalue weighted by Gasteiger charge is -2.10. The molecule has 2 amide bonds. The zero-order valence-corrected chi connectivity index (χ0v) is 13.2. The molecule has 0 radical (unpaired) electrons. The summed E-state index contributed by atoms with van der Waals surface area (Å²) < 4.78 is 5.55. The molecular formula is C18H20N2O3. The Bertz CT molecular complexity index is 652. The van der Waals surface area contributed by atoms with Gasteiger partial charge in [-0.05, 0) is 43.7 Å². The third-order valence-electron chi connectivity index (χ3n) is 2.99. The Labute approximate surface area is 135 Å². The third-order valence-corrected chi connectivity index (χ3v) is 2.99. The maximum absolute atomic E-state index is 11.8. The van der Waals surface area contributed by atoms with Crippen LogP contribution in [-0.4, -0.2) is 17.9 Å². The topological polar surface area (TPSA) is 67.4 Å². The van der Waals surface area contributed by atoms with E-state index in [1.807, 2.05) is 44.2 Å². The van der Waals surface area contributed by atoms with E-state index in [1.54, 1.807) is 24.3 Å². The summed E-state index contributed by atoms with van der Waals surface area (Å²) in [6, 6.07) is 16.2. The number of carbonyl (C=O) groups excluding carboxylic acids is 2. The molecule has 0 unspecified atom stereocenters. The standard InChI is InChI=1S/C18H20N2O3/c1-13(2)23-16-10-8-14(9-11-16)12-19-17(21)18(22)20-15-6-4-3-5-7-15/h3-11,13H,12H2,1-2H3,(H,19,21)(H,20,22). The molecule has 0 fully saturated rings. The van der Waals surface area contributed by atoms with E-state index in [2.05, 4.69) is 10.6 Å². The third kappa shape index (κ3) is 5.47. The number of hydrogen-bond acceptors (Lipinski definition) is 3. The SMILES string of the molecule is CC(C)Oc1ccc(CNC(=O)C(=O)Nc2ccccc2)cc1. The van der Waals surface area contributed by atoms with Crippen LogP contribution in [0.2, 0.25) is 0 Å². The molecule has 120 valence electrons. The summed E-state index contributed by atoms with van der Waals surface area (Å²) in [5.41, 5.74) is 1.48. The minimum absolute atomic E-state index is 0.113. The van der Waals surface area contributed by atoms with Crippen LogP contribution in [0.5, 0.6) is 5.75 Å². The van der Waals surface area contributed by atoms with Gasteiger partial charge in [0.05, 0.1) is 6.10 Å². The van der Waals surface area contributed by atoms with Crippen LogP contribution in [0, 0.1) is 0 Å². The van der Waals surface area contributed by atoms with E-state index in [1.165, 1.54) is 0 Å². The number of benzene rings is 2. The highest BCUT2D eigenvalue weighted by Gasteiger charge is 2.13. The molecule has 0 aromatic heterocycles. The number of para-hydroxylation sites is 1. The fourth-order valence-corrected chi connectivity index (χ4v) is 1.93. The van der Waals surface area contributed by atoms with Crippen molar-refractivity contribution in [3.05, 3.63) is 60.2 Å². The molecule has 5 nitrogen and oxygen atoms in total. The molecule has 0 heterocycles. The first-order chi connectivity index (χ1) is 11.0. The van der Waals surface area contributed by atoms with Gasteiger partial charge in [0.15, 0.2) is 0 Å². The minimum Gasteiger partial charge on any atom is -0.491 e. The normalized spacial score (nSPS) is 10.2. The molecule has 0 atom stereocenters. The highest BCUT2D eigenvalue weighted by atomic mass is 16.5. The first-order valence-corrected chi connectivity index (χ1v) is 7.44. The van der Waals surface area contributed by atoms with E-state index >= 15 is 0 Å². The first kappa shape index (κ1) is 16.5. The number of rotatable bonds is 5. The zero-order valence-electron chi connectivity index (χ0n) is 13.2. The maximum Gasteiger partial charge on any atom is 0.313 e. The van der Waals surface area contributed by atoms with Gasteiger partial charge in [-0.25, -0.2) is 0 Å². The summed E-state index contributed by atoms with van der Waals surface area (Å²) in [5.74, 6) is -0.579. The number of anilines is 1. The molecule has 23 heavy (non-hydrogen) atoms. The van der Waals surface area contributed by atoms with Gasteiger partial charge in [0.25, 0.3) is 0 Å². The van der Waals surface area contributed by atoms with Crippen molar-refractivity contribution >= 4 is 17.5 Å². The van der Waals surface area contributed by atoms with Crippen molar-refractivity contribution < 1.29 is 14.3 Å². The lowest BCUT2D eigenvalue weighted by atomic mass is 10.2. The van der Waals surface area contributed by atoms with Crippen molar-refractivity contribution in [3.8, 4) is 5.75 Å². The molecule has 0 aliphatic rings. The quantitative estimate of drug-likeness (QED) is 0.834. The Balaban J connectivity index is 1.82. The Hall–Kier alpha value is -2.82. The number of nitrogens with one attached hydrogen (secondary N) is 2. The predicted octanol–water partition coefficient (Wildman–Crippen LogP) is 2.73. The van der Waals surface area contributed by atoms with E-state index in [9.17, 15) is 9.59 Å². The van der Waals surface area contributed by atoms with Crippen LogP contribution >= 0.6 is 0 Å². The second kappa shape index (κ2) is 7.98.